The summed E-state index contributed by atoms with van der Waals surface area (Å²) in [5.41, 5.74) is 2.44. The van der Waals surface area contributed by atoms with Crippen LogP contribution >= 0.6 is 11.3 Å². The molecule has 0 saturated carbocycles. The smallest absolute Gasteiger partial charge is 0.261 e. The van der Waals surface area contributed by atoms with Gasteiger partial charge in [-0.05, 0) is 50.0 Å². The van der Waals surface area contributed by atoms with E-state index in [0.29, 0.717) is 12.0 Å². The molecule has 1 aromatic carbocycles. The van der Waals surface area contributed by atoms with Gasteiger partial charge in [-0.1, -0.05) is 18.2 Å². The number of carbonyl (C=O) groups is 1. The molecule has 28 heavy (non-hydrogen) atoms. The number of nitrogens with zero attached hydrogens (tertiary/aromatic N) is 2. The third-order valence-corrected chi connectivity index (χ3v) is 7.44. The topological polar surface area (TPSA) is 44.8 Å². The van der Waals surface area contributed by atoms with E-state index in [4.69, 9.17) is 4.74 Å². The fraction of sp³-hybridized carbons (Fsp3) is 0.500. The van der Waals surface area contributed by atoms with Crippen LogP contribution in [0.15, 0.2) is 36.4 Å². The highest BCUT2D eigenvalue weighted by Crippen LogP contribution is 2.36. The van der Waals surface area contributed by atoms with E-state index < -0.39 is 0 Å². The summed E-state index contributed by atoms with van der Waals surface area (Å²) in [7, 11) is 0. The summed E-state index contributed by atoms with van der Waals surface area (Å²) in [6.45, 7) is 6.76. The van der Waals surface area contributed by atoms with Crippen LogP contribution in [0.3, 0.4) is 0 Å². The summed E-state index contributed by atoms with van der Waals surface area (Å²) in [6.07, 6.45) is 2.43. The molecule has 6 rings (SSSR count). The largest absolute Gasteiger partial charge is 0.378 e. The third-order valence-electron chi connectivity index (χ3n) is 6.32. The third kappa shape index (κ3) is 3.56. The molecule has 0 radical (unpaired) electrons. The summed E-state index contributed by atoms with van der Waals surface area (Å²) < 4.78 is 5.50. The molecule has 4 aliphatic heterocycles. The van der Waals surface area contributed by atoms with Gasteiger partial charge in [0.05, 0.1) is 18.1 Å². The van der Waals surface area contributed by atoms with Crippen molar-refractivity contribution in [2.45, 2.75) is 18.9 Å². The van der Waals surface area contributed by atoms with Gasteiger partial charge in [0.25, 0.3) is 5.91 Å². The van der Waals surface area contributed by atoms with Crippen molar-refractivity contribution in [2.24, 2.45) is 5.92 Å². The maximum Gasteiger partial charge on any atom is 0.261 e. The molecule has 1 atom stereocenters. The zero-order valence-electron chi connectivity index (χ0n) is 16.1. The Hall–Kier alpha value is -1.89. The van der Waals surface area contributed by atoms with Crippen molar-refractivity contribution in [2.75, 3.05) is 50.8 Å². The van der Waals surface area contributed by atoms with Crippen molar-refractivity contribution in [1.29, 1.82) is 0 Å². The maximum atomic E-state index is 12.9. The number of ether oxygens (including phenoxy) is 1. The molecule has 1 N–H and O–H groups in total. The number of thiophene rings is 1. The van der Waals surface area contributed by atoms with Crippen molar-refractivity contribution in [1.82, 2.24) is 10.2 Å². The van der Waals surface area contributed by atoms with Crippen LogP contribution in [0.2, 0.25) is 0 Å². The molecule has 4 aliphatic rings. The predicted octanol–water partition coefficient (Wildman–Crippen LogP) is 3.08. The summed E-state index contributed by atoms with van der Waals surface area (Å²) in [5, 5.41) is 3.31. The minimum Gasteiger partial charge on any atom is -0.378 e. The minimum atomic E-state index is 0.0823. The van der Waals surface area contributed by atoms with E-state index in [2.05, 4.69) is 45.4 Å². The van der Waals surface area contributed by atoms with Crippen LogP contribution in [0.5, 0.6) is 0 Å². The quantitative estimate of drug-likeness (QED) is 0.861. The standard InChI is InChI=1S/C22H27N3O2S/c26-22(23-18-15-24-9-7-16(18)8-10-24)21-6-5-20(28-21)17-3-1-2-4-19(17)25-11-13-27-14-12-25/h1-6,16,18H,7-15H2,(H,23,26)/t18-/m0/s1. The second kappa shape index (κ2) is 7.85. The van der Waals surface area contributed by atoms with Crippen LogP contribution in [0.1, 0.15) is 22.5 Å². The molecule has 4 fully saturated rings. The first-order chi connectivity index (χ1) is 13.8. The van der Waals surface area contributed by atoms with Gasteiger partial charge in [0, 0.05) is 41.8 Å². The first-order valence-electron chi connectivity index (χ1n) is 10.3. The van der Waals surface area contributed by atoms with E-state index in [0.717, 1.165) is 42.6 Å². The van der Waals surface area contributed by atoms with E-state index in [9.17, 15) is 4.79 Å². The lowest BCUT2D eigenvalue weighted by Crippen LogP contribution is -2.57. The number of para-hydroxylation sites is 1. The second-order valence-corrected chi connectivity index (χ2v) is 9.08. The molecule has 1 aromatic heterocycles. The summed E-state index contributed by atoms with van der Waals surface area (Å²) in [4.78, 5) is 19.7. The molecular formula is C22H27N3O2S. The highest BCUT2D eigenvalue weighted by Gasteiger charge is 2.35. The van der Waals surface area contributed by atoms with Gasteiger partial charge in [-0.2, -0.15) is 0 Å². The number of fused-ring (bicyclic) bond motifs is 3. The number of amides is 1. The number of morpholine rings is 1. The van der Waals surface area contributed by atoms with Gasteiger partial charge in [0.15, 0.2) is 0 Å². The summed E-state index contributed by atoms with van der Waals surface area (Å²) in [6, 6.07) is 12.9. The Morgan fingerprint density at radius 2 is 1.82 bits per heavy atom. The van der Waals surface area contributed by atoms with Crippen LogP contribution in [-0.4, -0.2) is 62.8 Å². The Kier molecular flexibility index (Phi) is 5.09. The first-order valence-corrected chi connectivity index (χ1v) is 11.1. The average molecular weight is 398 g/mol. The number of hydrogen-bond acceptors (Lipinski definition) is 5. The molecule has 0 spiro atoms. The Balaban J connectivity index is 1.33. The van der Waals surface area contributed by atoms with Crippen molar-refractivity contribution >= 4 is 22.9 Å². The molecule has 2 aromatic rings. The van der Waals surface area contributed by atoms with E-state index in [-0.39, 0.29) is 5.91 Å². The van der Waals surface area contributed by atoms with Crippen LogP contribution in [-0.2, 0) is 4.74 Å². The number of anilines is 1. The van der Waals surface area contributed by atoms with E-state index in [1.54, 1.807) is 11.3 Å². The van der Waals surface area contributed by atoms with Crippen LogP contribution in [0.4, 0.5) is 5.69 Å². The van der Waals surface area contributed by atoms with E-state index in [1.807, 2.05) is 6.07 Å². The highest BCUT2D eigenvalue weighted by molar-refractivity contribution is 7.17. The molecule has 4 saturated heterocycles. The van der Waals surface area contributed by atoms with Crippen molar-refractivity contribution in [3.63, 3.8) is 0 Å². The molecule has 148 valence electrons. The number of rotatable bonds is 4. The minimum absolute atomic E-state index is 0.0823. The lowest BCUT2D eigenvalue weighted by Gasteiger charge is -2.44. The zero-order chi connectivity index (χ0) is 18.9. The van der Waals surface area contributed by atoms with Gasteiger partial charge in [-0.25, -0.2) is 0 Å². The Morgan fingerprint density at radius 3 is 2.57 bits per heavy atom. The monoisotopic (exact) mass is 397 g/mol. The Bertz CT molecular complexity index is 838. The van der Waals surface area contributed by atoms with Crippen molar-refractivity contribution in [3.8, 4) is 10.4 Å². The van der Waals surface area contributed by atoms with Gasteiger partial charge in [0.2, 0.25) is 0 Å². The van der Waals surface area contributed by atoms with E-state index >= 15 is 0 Å². The van der Waals surface area contributed by atoms with Crippen LogP contribution < -0.4 is 10.2 Å². The first kappa shape index (κ1) is 18.2. The molecule has 6 heteroatoms. The van der Waals surface area contributed by atoms with Gasteiger partial charge in [-0.3, -0.25) is 4.79 Å². The second-order valence-electron chi connectivity index (χ2n) is 8.00. The lowest BCUT2D eigenvalue weighted by molar-refractivity contribution is 0.0622. The van der Waals surface area contributed by atoms with Crippen LogP contribution in [0.25, 0.3) is 10.4 Å². The molecule has 5 nitrogen and oxygen atoms in total. The lowest BCUT2D eigenvalue weighted by atomic mass is 9.84. The Labute approximate surface area is 170 Å². The van der Waals surface area contributed by atoms with Gasteiger partial charge in [0.1, 0.15) is 0 Å². The molecular weight excluding hydrogens is 370 g/mol. The fourth-order valence-corrected chi connectivity index (χ4v) is 5.68. The van der Waals surface area contributed by atoms with Gasteiger partial charge >= 0.3 is 0 Å². The zero-order valence-corrected chi connectivity index (χ0v) is 16.9. The molecule has 0 unspecified atom stereocenters. The van der Waals surface area contributed by atoms with Crippen molar-refractivity contribution < 1.29 is 9.53 Å². The molecule has 0 aliphatic carbocycles. The predicted molar refractivity (Wildman–Crippen MR) is 113 cm³/mol. The molecule has 5 heterocycles. The average Bonchev–Trinajstić information content (AvgIpc) is 3.26. The van der Waals surface area contributed by atoms with Crippen LogP contribution in [0, 0.1) is 5.92 Å². The summed E-state index contributed by atoms with van der Waals surface area (Å²) >= 11 is 1.60. The fourth-order valence-electron chi connectivity index (χ4n) is 4.73. The number of nitrogens with one attached hydrogen (secondary N) is 1. The van der Waals surface area contributed by atoms with E-state index in [1.165, 1.54) is 37.2 Å². The number of carbonyl (C=O) groups excluding carboxylic acids is 1. The highest BCUT2D eigenvalue weighted by atomic mass is 32.1. The number of benzene rings is 1. The normalized spacial score (nSPS) is 27.0. The number of hydrogen-bond donors (Lipinski definition) is 1. The summed E-state index contributed by atoms with van der Waals surface area (Å²) in [5.74, 6) is 0.731. The van der Waals surface area contributed by atoms with Gasteiger partial charge < -0.3 is 19.9 Å². The van der Waals surface area contributed by atoms with Gasteiger partial charge in [-0.15, -0.1) is 11.3 Å². The Morgan fingerprint density at radius 1 is 1.04 bits per heavy atom. The van der Waals surface area contributed by atoms with Crippen molar-refractivity contribution in [3.05, 3.63) is 41.3 Å². The molecule has 2 bridgehead atoms. The SMILES string of the molecule is O=C(N[C@H]1CN2CCC1CC2)c1ccc(-c2ccccc2N2CCOCC2)s1. The molecule has 1 amide bonds. The number of piperidine rings is 3. The maximum absolute atomic E-state index is 12.9.